The Bertz CT molecular complexity index is 792. The van der Waals surface area contributed by atoms with Crippen molar-refractivity contribution in [1.82, 2.24) is 4.90 Å². The molecule has 0 atom stereocenters. The van der Waals surface area contributed by atoms with Crippen molar-refractivity contribution < 1.29 is 22.4 Å². The van der Waals surface area contributed by atoms with Gasteiger partial charge in [-0.3, -0.25) is 0 Å². The third kappa shape index (κ3) is 4.66. The fourth-order valence-electron chi connectivity index (χ4n) is 2.34. The quantitative estimate of drug-likeness (QED) is 0.627. The lowest BCUT2D eigenvalue weighted by molar-refractivity contribution is -0.137. The van der Waals surface area contributed by atoms with Crippen LogP contribution in [0.15, 0.2) is 64.8 Å². The van der Waals surface area contributed by atoms with E-state index in [1.165, 1.54) is 29.7 Å². The van der Waals surface area contributed by atoms with Crippen LogP contribution in [-0.2, 0) is 19.3 Å². The highest BCUT2D eigenvalue weighted by Gasteiger charge is 2.30. The van der Waals surface area contributed by atoms with Crippen molar-refractivity contribution in [2.75, 3.05) is 5.32 Å². The van der Waals surface area contributed by atoms with E-state index in [-0.39, 0.29) is 0 Å². The maximum Gasteiger partial charge on any atom is 0.416 e. The molecule has 0 saturated carbocycles. The molecular formula is C18H15F3N2O2S. The number of carbonyl (C=O) groups excluding carboxylic acids is 1. The molecule has 1 aromatic carbocycles. The Hall–Kier alpha value is -2.74. The Morgan fingerprint density at radius 1 is 1.12 bits per heavy atom. The minimum atomic E-state index is -4.41. The monoisotopic (exact) mass is 380 g/mol. The van der Waals surface area contributed by atoms with Gasteiger partial charge in [-0.15, -0.1) is 11.3 Å². The van der Waals surface area contributed by atoms with Crippen LogP contribution >= 0.6 is 11.3 Å². The van der Waals surface area contributed by atoms with E-state index in [1.807, 2.05) is 17.5 Å². The predicted molar refractivity (Wildman–Crippen MR) is 92.7 cm³/mol. The summed E-state index contributed by atoms with van der Waals surface area (Å²) in [6, 6.07) is 9.52. The van der Waals surface area contributed by atoms with E-state index in [4.69, 9.17) is 4.42 Å². The number of anilines is 1. The van der Waals surface area contributed by atoms with Gasteiger partial charge in [-0.25, -0.2) is 4.79 Å². The third-order valence-electron chi connectivity index (χ3n) is 3.63. The number of hydrogen-bond acceptors (Lipinski definition) is 3. The van der Waals surface area contributed by atoms with Gasteiger partial charge in [-0.2, -0.15) is 13.2 Å². The number of carbonyl (C=O) groups is 1. The summed E-state index contributed by atoms with van der Waals surface area (Å²) in [5, 5.41) is 4.56. The van der Waals surface area contributed by atoms with Crippen molar-refractivity contribution in [1.29, 1.82) is 0 Å². The Kier molecular flexibility index (Phi) is 5.32. The SMILES string of the molecule is O=C(Nc1ccc(C(F)(F)F)cc1)N(Cc1ccoc1)Cc1cccs1. The molecule has 136 valence electrons. The lowest BCUT2D eigenvalue weighted by atomic mass is 10.2. The van der Waals surface area contributed by atoms with E-state index in [9.17, 15) is 18.0 Å². The summed E-state index contributed by atoms with van der Waals surface area (Å²) in [5.41, 5.74) is 0.361. The number of thiophene rings is 1. The molecule has 2 aromatic heterocycles. The first-order valence-corrected chi connectivity index (χ1v) is 8.56. The molecule has 2 heterocycles. The molecule has 4 nitrogen and oxygen atoms in total. The molecule has 0 radical (unpaired) electrons. The van der Waals surface area contributed by atoms with Crippen LogP contribution in [0, 0.1) is 0 Å². The zero-order valence-corrected chi connectivity index (χ0v) is 14.3. The van der Waals surface area contributed by atoms with Gasteiger partial charge < -0.3 is 14.6 Å². The molecule has 0 aliphatic rings. The van der Waals surface area contributed by atoms with Gasteiger partial charge in [0.05, 0.1) is 31.2 Å². The number of urea groups is 1. The molecule has 3 rings (SSSR count). The number of nitrogens with one attached hydrogen (secondary N) is 1. The van der Waals surface area contributed by atoms with E-state index in [1.54, 1.807) is 17.2 Å². The van der Waals surface area contributed by atoms with Crippen LogP contribution in [0.25, 0.3) is 0 Å². The number of rotatable bonds is 5. The number of furan rings is 1. The fraction of sp³-hybridized carbons (Fsp3) is 0.167. The maximum absolute atomic E-state index is 12.6. The molecule has 26 heavy (non-hydrogen) atoms. The lowest BCUT2D eigenvalue weighted by Gasteiger charge is -2.22. The highest BCUT2D eigenvalue weighted by molar-refractivity contribution is 7.09. The van der Waals surface area contributed by atoms with Gasteiger partial charge in [0.15, 0.2) is 0 Å². The molecule has 0 aliphatic heterocycles. The van der Waals surface area contributed by atoms with Crippen LogP contribution in [0.2, 0.25) is 0 Å². The minimum Gasteiger partial charge on any atom is -0.472 e. The van der Waals surface area contributed by atoms with Gasteiger partial charge in [-0.1, -0.05) is 6.07 Å². The normalized spacial score (nSPS) is 11.3. The highest BCUT2D eigenvalue weighted by atomic mass is 32.1. The van der Waals surface area contributed by atoms with Crippen LogP contribution in [0.1, 0.15) is 16.0 Å². The number of nitrogens with zero attached hydrogens (tertiary/aromatic N) is 1. The van der Waals surface area contributed by atoms with Crippen molar-refractivity contribution in [3.63, 3.8) is 0 Å². The molecule has 3 aromatic rings. The van der Waals surface area contributed by atoms with Gasteiger partial charge in [0.1, 0.15) is 0 Å². The average molecular weight is 380 g/mol. The smallest absolute Gasteiger partial charge is 0.416 e. The molecule has 0 aliphatic carbocycles. The van der Waals surface area contributed by atoms with E-state index in [0.717, 1.165) is 22.6 Å². The highest BCUT2D eigenvalue weighted by Crippen LogP contribution is 2.30. The molecule has 0 saturated heterocycles. The molecule has 0 bridgehead atoms. The second-order valence-electron chi connectivity index (χ2n) is 5.57. The third-order valence-corrected chi connectivity index (χ3v) is 4.49. The first-order chi connectivity index (χ1) is 12.4. The number of alkyl halides is 3. The summed E-state index contributed by atoms with van der Waals surface area (Å²) in [7, 11) is 0. The van der Waals surface area contributed by atoms with Crippen LogP contribution in [0.3, 0.4) is 0 Å². The van der Waals surface area contributed by atoms with Crippen LogP contribution in [0.5, 0.6) is 0 Å². The Morgan fingerprint density at radius 2 is 1.88 bits per heavy atom. The van der Waals surface area contributed by atoms with Crippen LogP contribution < -0.4 is 5.32 Å². The van der Waals surface area contributed by atoms with Crippen molar-refractivity contribution in [2.45, 2.75) is 19.3 Å². The van der Waals surface area contributed by atoms with Crippen molar-refractivity contribution in [3.8, 4) is 0 Å². The van der Waals surface area contributed by atoms with Gasteiger partial charge in [-0.05, 0) is 41.8 Å². The minimum absolute atomic E-state index is 0.298. The van der Waals surface area contributed by atoms with Crippen LogP contribution in [-0.4, -0.2) is 10.9 Å². The summed E-state index contributed by atoms with van der Waals surface area (Å²) in [5.74, 6) is 0. The lowest BCUT2D eigenvalue weighted by Crippen LogP contribution is -2.33. The second kappa shape index (κ2) is 7.65. The summed E-state index contributed by atoms with van der Waals surface area (Å²) in [6.45, 7) is 0.705. The van der Waals surface area contributed by atoms with E-state index >= 15 is 0 Å². The topological polar surface area (TPSA) is 45.5 Å². The van der Waals surface area contributed by atoms with Gasteiger partial charge in [0, 0.05) is 16.1 Å². The van der Waals surface area contributed by atoms with E-state index < -0.39 is 17.8 Å². The van der Waals surface area contributed by atoms with Crippen LogP contribution in [0.4, 0.5) is 23.7 Å². The molecular weight excluding hydrogens is 365 g/mol. The van der Waals surface area contributed by atoms with Crippen molar-refractivity contribution >= 4 is 23.1 Å². The van der Waals surface area contributed by atoms with Gasteiger partial charge in [0.25, 0.3) is 0 Å². The zero-order valence-electron chi connectivity index (χ0n) is 13.5. The molecule has 8 heteroatoms. The summed E-state index contributed by atoms with van der Waals surface area (Å²) in [4.78, 5) is 15.2. The standard InChI is InChI=1S/C18H15F3N2O2S/c19-18(20,21)14-3-5-15(6-4-14)22-17(24)23(10-13-7-8-25-12-13)11-16-2-1-9-26-16/h1-9,12H,10-11H2,(H,22,24). The number of hydrogen-bond donors (Lipinski definition) is 1. The first kappa shape index (κ1) is 18.1. The molecule has 1 N–H and O–H groups in total. The summed E-state index contributed by atoms with van der Waals surface area (Å²) < 4.78 is 42.9. The van der Waals surface area contributed by atoms with Gasteiger partial charge in [0.2, 0.25) is 0 Å². The Morgan fingerprint density at radius 3 is 2.46 bits per heavy atom. The molecule has 0 spiro atoms. The van der Waals surface area contributed by atoms with E-state index in [0.29, 0.717) is 18.8 Å². The van der Waals surface area contributed by atoms with Crippen molar-refractivity contribution in [3.05, 3.63) is 76.4 Å². The summed E-state index contributed by atoms with van der Waals surface area (Å²) in [6.07, 6.45) is -1.34. The fourth-order valence-corrected chi connectivity index (χ4v) is 3.06. The summed E-state index contributed by atoms with van der Waals surface area (Å²) >= 11 is 1.52. The van der Waals surface area contributed by atoms with E-state index in [2.05, 4.69) is 5.32 Å². The second-order valence-corrected chi connectivity index (χ2v) is 6.60. The number of benzene rings is 1. The number of amides is 2. The predicted octanol–water partition coefficient (Wildman–Crippen LogP) is 5.59. The molecule has 2 amide bonds. The van der Waals surface area contributed by atoms with Gasteiger partial charge >= 0.3 is 12.2 Å². The maximum atomic E-state index is 12.6. The van der Waals surface area contributed by atoms with Crippen molar-refractivity contribution in [2.24, 2.45) is 0 Å². The molecule has 0 unspecified atom stereocenters. The Labute approximate surface area is 151 Å². The molecule has 0 fully saturated rings. The zero-order chi connectivity index (χ0) is 18.6. The largest absolute Gasteiger partial charge is 0.472 e. The number of halogens is 3. The first-order valence-electron chi connectivity index (χ1n) is 7.68. The Balaban J connectivity index is 1.72. The average Bonchev–Trinajstić information content (AvgIpc) is 3.28.